The second-order valence-electron chi connectivity index (χ2n) is 2.43. The molecule has 1 aromatic heterocycles. The first-order chi connectivity index (χ1) is 5.83. The van der Waals surface area contributed by atoms with Crippen LogP contribution in [0.2, 0.25) is 5.02 Å². The maximum Gasteiger partial charge on any atom is 0.0689 e. The first-order valence-corrected chi connectivity index (χ1v) is 6.01. The summed E-state index contributed by atoms with van der Waals surface area (Å²) in [6.07, 6.45) is 2.08. The number of thiophene rings is 1. The Morgan fingerprint density at radius 1 is 1.42 bits per heavy atom. The molecule has 0 unspecified atom stereocenters. The molecule has 0 nitrogen and oxygen atoms in total. The Hall–Kier alpha value is -0.180. The fourth-order valence-electron chi connectivity index (χ4n) is 1.18. The molecule has 2 rings (SSSR count). The predicted octanol–water partition coefficient (Wildman–Crippen LogP) is 4.28. The van der Waals surface area contributed by atoms with Crippen LogP contribution in [-0.4, -0.2) is 6.26 Å². The number of halogens is 1. The molecule has 12 heavy (non-hydrogen) atoms. The van der Waals surface area contributed by atoms with Crippen LogP contribution in [0.1, 0.15) is 0 Å². The summed E-state index contributed by atoms with van der Waals surface area (Å²) in [5, 5.41) is 5.46. The highest BCUT2D eigenvalue weighted by atomic mass is 35.5. The summed E-state index contributed by atoms with van der Waals surface area (Å²) >= 11 is 9.58. The molecule has 0 fully saturated rings. The van der Waals surface area contributed by atoms with Crippen LogP contribution in [0.15, 0.2) is 27.8 Å². The molecule has 0 aliphatic heterocycles. The zero-order valence-corrected chi connectivity index (χ0v) is 8.89. The third kappa shape index (κ3) is 1.24. The van der Waals surface area contributed by atoms with Gasteiger partial charge in [-0.05, 0) is 23.1 Å². The quantitative estimate of drug-likeness (QED) is 0.639. The molecular weight excluding hydrogens is 208 g/mol. The van der Waals surface area contributed by atoms with E-state index in [4.69, 9.17) is 11.6 Å². The molecule has 0 amide bonds. The van der Waals surface area contributed by atoms with Gasteiger partial charge in [-0.1, -0.05) is 23.7 Å². The molecule has 1 heterocycles. The fraction of sp³-hybridized carbons (Fsp3) is 0.111. The number of rotatable bonds is 1. The summed E-state index contributed by atoms with van der Waals surface area (Å²) < 4.78 is 1.30. The van der Waals surface area contributed by atoms with Crippen molar-refractivity contribution in [2.75, 3.05) is 6.26 Å². The van der Waals surface area contributed by atoms with Crippen molar-refractivity contribution in [1.82, 2.24) is 0 Å². The summed E-state index contributed by atoms with van der Waals surface area (Å²) in [6, 6.07) is 6.02. The van der Waals surface area contributed by atoms with E-state index >= 15 is 0 Å². The van der Waals surface area contributed by atoms with Crippen molar-refractivity contribution >= 4 is 45.5 Å². The van der Waals surface area contributed by atoms with E-state index in [0.29, 0.717) is 0 Å². The molecule has 0 radical (unpaired) electrons. The van der Waals surface area contributed by atoms with Crippen LogP contribution in [0.5, 0.6) is 0 Å². The largest absolute Gasteiger partial charge is 0.136 e. The van der Waals surface area contributed by atoms with Crippen molar-refractivity contribution in [2.45, 2.75) is 4.21 Å². The van der Waals surface area contributed by atoms with Gasteiger partial charge in [0, 0.05) is 5.39 Å². The molecule has 2 aromatic rings. The monoisotopic (exact) mass is 214 g/mol. The van der Waals surface area contributed by atoms with E-state index in [1.807, 2.05) is 12.1 Å². The molecule has 0 aliphatic carbocycles. The van der Waals surface area contributed by atoms with Gasteiger partial charge in [0.05, 0.1) is 9.23 Å². The van der Waals surface area contributed by atoms with Gasteiger partial charge in [0.1, 0.15) is 0 Å². The van der Waals surface area contributed by atoms with Crippen LogP contribution in [0, 0.1) is 0 Å². The van der Waals surface area contributed by atoms with Crippen molar-refractivity contribution in [3.63, 3.8) is 0 Å². The number of hydrogen-bond donors (Lipinski definition) is 0. The Morgan fingerprint density at radius 2 is 2.25 bits per heavy atom. The SMILES string of the molecule is CSc1scc2cccc(Cl)c12. The van der Waals surface area contributed by atoms with Gasteiger partial charge < -0.3 is 0 Å². The van der Waals surface area contributed by atoms with Crippen molar-refractivity contribution in [3.05, 3.63) is 28.6 Å². The number of hydrogen-bond acceptors (Lipinski definition) is 2. The Morgan fingerprint density at radius 3 is 3.00 bits per heavy atom. The normalized spacial score (nSPS) is 10.8. The van der Waals surface area contributed by atoms with E-state index in [9.17, 15) is 0 Å². The van der Waals surface area contributed by atoms with Crippen LogP contribution in [0.25, 0.3) is 10.8 Å². The molecule has 62 valence electrons. The minimum absolute atomic E-state index is 0.859. The molecule has 0 saturated heterocycles. The molecule has 0 saturated carbocycles. The Bertz CT molecular complexity index is 406. The molecule has 0 atom stereocenters. The maximum atomic E-state index is 6.08. The zero-order chi connectivity index (χ0) is 8.55. The zero-order valence-electron chi connectivity index (χ0n) is 6.50. The lowest BCUT2D eigenvalue weighted by Gasteiger charge is -1.95. The number of thioether (sulfide) groups is 1. The van der Waals surface area contributed by atoms with Gasteiger partial charge in [0.2, 0.25) is 0 Å². The topological polar surface area (TPSA) is 0 Å². The average molecular weight is 215 g/mol. The van der Waals surface area contributed by atoms with Crippen molar-refractivity contribution in [2.24, 2.45) is 0 Å². The molecule has 0 spiro atoms. The second kappa shape index (κ2) is 3.29. The van der Waals surface area contributed by atoms with Crippen molar-refractivity contribution in [3.8, 4) is 0 Å². The van der Waals surface area contributed by atoms with Crippen LogP contribution in [0.3, 0.4) is 0 Å². The Kier molecular flexibility index (Phi) is 2.31. The van der Waals surface area contributed by atoms with Crippen LogP contribution < -0.4 is 0 Å². The lowest BCUT2D eigenvalue weighted by Crippen LogP contribution is -1.68. The fourth-order valence-corrected chi connectivity index (χ4v) is 3.31. The highest BCUT2D eigenvalue weighted by molar-refractivity contribution is 8.00. The Labute approximate surface area is 84.5 Å². The number of benzene rings is 1. The summed E-state index contributed by atoms with van der Waals surface area (Å²) in [5.41, 5.74) is 0. The molecule has 3 heteroatoms. The highest BCUT2D eigenvalue weighted by Gasteiger charge is 2.05. The lowest BCUT2D eigenvalue weighted by molar-refractivity contribution is 1.77. The van der Waals surface area contributed by atoms with Gasteiger partial charge in [-0.25, -0.2) is 0 Å². The van der Waals surface area contributed by atoms with Gasteiger partial charge in [0.15, 0.2) is 0 Å². The van der Waals surface area contributed by atoms with E-state index in [1.54, 1.807) is 23.1 Å². The average Bonchev–Trinajstić information content (AvgIpc) is 2.49. The van der Waals surface area contributed by atoms with Crippen LogP contribution in [0.4, 0.5) is 0 Å². The van der Waals surface area contributed by atoms with Gasteiger partial charge in [-0.3, -0.25) is 0 Å². The first-order valence-electron chi connectivity index (χ1n) is 3.52. The van der Waals surface area contributed by atoms with Gasteiger partial charge >= 0.3 is 0 Å². The van der Waals surface area contributed by atoms with E-state index in [-0.39, 0.29) is 0 Å². The van der Waals surface area contributed by atoms with E-state index in [1.165, 1.54) is 15.0 Å². The number of fused-ring (bicyclic) bond motifs is 1. The molecule has 0 N–H and O–H groups in total. The molecule has 0 bridgehead atoms. The van der Waals surface area contributed by atoms with E-state index < -0.39 is 0 Å². The van der Waals surface area contributed by atoms with Crippen molar-refractivity contribution in [1.29, 1.82) is 0 Å². The Balaban J connectivity index is 2.83. The van der Waals surface area contributed by atoms with Gasteiger partial charge in [-0.15, -0.1) is 23.1 Å². The van der Waals surface area contributed by atoms with Crippen molar-refractivity contribution < 1.29 is 0 Å². The smallest absolute Gasteiger partial charge is 0.0689 e. The minimum atomic E-state index is 0.859. The minimum Gasteiger partial charge on any atom is -0.136 e. The lowest BCUT2D eigenvalue weighted by atomic mass is 10.2. The highest BCUT2D eigenvalue weighted by Crippen LogP contribution is 2.37. The molecule has 0 aliphatic rings. The first kappa shape index (κ1) is 8.42. The summed E-state index contributed by atoms with van der Waals surface area (Å²) in [5.74, 6) is 0. The third-order valence-electron chi connectivity index (χ3n) is 1.73. The second-order valence-corrected chi connectivity index (χ2v) is 4.79. The summed E-state index contributed by atoms with van der Waals surface area (Å²) in [6.45, 7) is 0. The van der Waals surface area contributed by atoms with Gasteiger partial charge in [-0.2, -0.15) is 0 Å². The maximum absolute atomic E-state index is 6.08. The van der Waals surface area contributed by atoms with E-state index in [0.717, 1.165) is 5.02 Å². The van der Waals surface area contributed by atoms with Crippen LogP contribution in [-0.2, 0) is 0 Å². The molecule has 1 aromatic carbocycles. The van der Waals surface area contributed by atoms with E-state index in [2.05, 4.69) is 17.7 Å². The standard InChI is InChI=1S/C9H7ClS2/c1-11-9-8-6(5-12-9)3-2-4-7(8)10/h2-5H,1H3. The van der Waals surface area contributed by atoms with Crippen LogP contribution >= 0.6 is 34.7 Å². The molecular formula is C9H7ClS2. The summed E-state index contributed by atoms with van der Waals surface area (Å²) in [4.78, 5) is 0. The summed E-state index contributed by atoms with van der Waals surface area (Å²) in [7, 11) is 0. The third-order valence-corrected chi connectivity index (χ3v) is 4.20. The predicted molar refractivity (Wildman–Crippen MR) is 58.6 cm³/mol. The van der Waals surface area contributed by atoms with Gasteiger partial charge in [0.25, 0.3) is 0 Å².